The van der Waals surface area contributed by atoms with Crippen molar-refractivity contribution in [2.75, 3.05) is 17.2 Å². The molecule has 2 aromatic carbocycles. The molecule has 0 spiro atoms. The van der Waals surface area contributed by atoms with Crippen molar-refractivity contribution in [3.8, 4) is 0 Å². The first-order valence-corrected chi connectivity index (χ1v) is 8.06. The van der Waals surface area contributed by atoms with Gasteiger partial charge in [-0.2, -0.15) is 0 Å². The topological polar surface area (TPSA) is 66.9 Å². The van der Waals surface area contributed by atoms with Crippen molar-refractivity contribution in [1.82, 2.24) is 9.97 Å². The van der Waals surface area contributed by atoms with Crippen LogP contribution in [0.4, 0.5) is 11.5 Å². The maximum Gasteiger partial charge on any atom is 0.278 e. The van der Waals surface area contributed by atoms with Crippen LogP contribution in [0, 0.1) is 6.92 Å². The molecule has 0 bridgehead atoms. The number of benzene rings is 2. The molecule has 0 aliphatic carbocycles. The molecule has 0 fully saturated rings. The molecule has 2 N–H and O–H groups in total. The second-order valence-corrected chi connectivity index (χ2v) is 5.66. The van der Waals surface area contributed by atoms with Crippen molar-refractivity contribution in [2.24, 2.45) is 0 Å². The first kappa shape index (κ1) is 15.9. The number of carbonyl (C=O) groups is 1. The highest BCUT2D eigenvalue weighted by Gasteiger charge is 2.16. The summed E-state index contributed by atoms with van der Waals surface area (Å²) < 4.78 is 0. The van der Waals surface area contributed by atoms with Crippen molar-refractivity contribution in [1.29, 1.82) is 0 Å². The van der Waals surface area contributed by atoms with E-state index < -0.39 is 0 Å². The van der Waals surface area contributed by atoms with E-state index >= 15 is 0 Å². The minimum absolute atomic E-state index is 0.268. The maximum absolute atomic E-state index is 12.7. The molecular formula is C19H20N4O. The summed E-state index contributed by atoms with van der Waals surface area (Å²) >= 11 is 0. The fraction of sp³-hybridized carbons (Fsp3) is 0.211. The molecule has 0 atom stereocenters. The molecule has 5 nitrogen and oxygen atoms in total. The highest BCUT2D eigenvalue weighted by molar-refractivity contribution is 6.07. The van der Waals surface area contributed by atoms with Crippen LogP contribution in [0.5, 0.6) is 0 Å². The van der Waals surface area contributed by atoms with Crippen LogP contribution in [0.25, 0.3) is 11.0 Å². The Kier molecular flexibility index (Phi) is 4.70. The number of carbonyl (C=O) groups excluding carboxylic acids is 1. The molecule has 3 rings (SSSR count). The Morgan fingerprint density at radius 2 is 1.67 bits per heavy atom. The number of hydrogen-bond donors (Lipinski definition) is 2. The number of hydrogen-bond acceptors (Lipinski definition) is 4. The van der Waals surface area contributed by atoms with Crippen LogP contribution in [-0.2, 0) is 0 Å². The molecule has 122 valence electrons. The molecule has 24 heavy (non-hydrogen) atoms. The van der Waals surface area contributed by atoms with Gasteiger partial charge < -0.3 is 10.6 Å². The summed E-state index contributed by atoms with van der Waals surface area (Å²) in [6.07, 6.45) is 0.938. The Morgan fingerprint density at radius 1 is 1.00 bits per heavy atom. The smallest absolute Gasteiger partial charge is 0.278 e. The lowest BCUT2D eigenvalue weighted by molar-refractivity contribution is 0.102. The van der Waals surface area contributed by atoms with Gasteiger partial charge in [-0.3, -0.25) is 4.79 Å². The fourth-order valence-electron chi connectivity index (χ4n) is 2.35. The van der Waals surface area contributed by atoms with Crippen LogP contribution in [0.3, 0.4) is 0 Å². The predicted octanol–water partition coefficient (Wildman–Crippen LogP) is 4.01. The number of nitrogens with one attached hydrogen (secondary N) is 2. The molecule has 1 amide bonds. The molecule has 3 aromatic rings. The van der Waals surface area contributed by atoms with Gasteiger partial charge in [0.15, 0.2) is 11.5 Å². The Bertz CT molecular complexity index is 859. The summed E-state index contributed by atoms with van der Waals surface area (Å²) in [5.74, 6) is 0.246. The Hall–Kier alpha value is -2.95. The minimum Gasteiger partial charge on any atom is -0.368 e. The number of aryl methyl sites for hydroxylation is 1. The zero-order valence-corrected chi connectivity index (χ0v) is 13.8. The van der Waals surface area contributed by atoms with Crippen molar-refractivity contribution in [3.63, 3.8) is 0 Å². The van der Waals surface area contributed by atoms with E-state index in [0.717, 1.165) is 29.7 Å². The monoisotopic (exact) mass is 320 g/mol. The second-order valence-electron chi connectivity index (χ2n) is 5.66. The predicted molar refractivity (Wildman–Crippen MR) is 97.5 cm³/mol. The molecule has 0 aliphatic heterocycles. The van der Waals surface area contributed by atoms with Crippen LogP contribution in [-0.4, -0.2) is 22.4 Å². The highest BCUT2D eigenvalue weighted by Crippen LogP contribution is 2.19. The lowest BCUT2D eigenvalue weighted by atomic mass is 10.2. The number of aromatic nitrogens is 2. The first-order chi connectivity index (χ1) is 11.7. The van der Waals surface area contributed by atoms with E-state index in [-0.39, 0.29) is 5.91 Å². The molecule has 1 aromatic heterocycles. The summed E-state index contributed by atoms with van der Waals surface area (Å²) in [5.41, 5.74) is 3.66. The fourth-order valence-corrected chi connectivity index (χ4v) is 2.35. The lowest BCUT2D eigenvalue weighted by Gasteiger charge is -2.11. The Morgan fingerprint density at radius 3 is 2.33 bits per heavy atom. The summed E-state index contributed by atoms with van der Waals surface area (Å²) in [6, 6.07) is 15.2. The molecule has 5 heteroatoms. The van der Waals surface area contributed by atoms with Crippen LogP contribution in [0.1, 0.15) is 29.4 Å². The highest BCUT2D eigenvalue weighted by atomic mass is 16.1. The average Bonchev–Trinajstić information content (AvgIpc) is 2.61. The zero-order valence-electron chi connectivity index (χ0n) is 13.8. The normalized spacial score (nSPS) is 10.6. The van der Waals surface area contributed by atoms with Gasteiger partial charge in [0.05, 0.1) is 11.0 Å². The van der Waals surface area contributed by atoms with Gasteiger partial charge in [0.1, 0.15) is 0 Å². The van der Waals surface area contributed by atoms with Gasteiger partial charge in [0.25, 0.3) is 5.91 Å². The van der Waals surface area contributed by atoms with E-state index in [1.54, 1.807) is 0 Å². The van der Waals surface area contributed by atoms with Crippen molar-refractivity contribution in [2.45, 2.75) is 20.3 Å². The van der Waals surface area contributed by atoms with E-state index in [1.807, 2.05) is 55.5 Å². The van der Waals surface area contributed by atoms with E-state index in [9.17, 15) is 4.79 Å². The van der Waals surface area contributed by atoms with Crippen LogP contribution >= 0.6 is 0 Å². The van der Waals surface area contributed by atoms with Gasteiger partial charge in [0.2, 0.25) is 0 Å². The summed E-state index contributed by atoms with van der Waals surface area (Å²) in [6.45, 7) is 4.80. The van der Waals surface area contributed by atoms with Gasteiger partial charge >= 0.3 is 0 Å². The van der Waals surface area contributed by atoms with Crippen LogP contribution in [0.15, 0.2) is 48.5 Å². The molecule has 0 saturated carbocycles. The Labute approximate surface area is 141 Å². The van der Waals surface area contributed by atoms with Crippen LogP contribution in [0.2, 0.25) is 0 Å². The zero-order chi connectivity index (χ0) is 16.9. The van der Waals surface area contributed by atoms with E-state index in [0.29, 0.717) is 17.0 Å². The van der Waals surface area contributed by atoms with E-state index in [4.69, 9.17) is 0 Å². The van der Waals surface area contributed by atoms with Crippen molar-refractivity contribution in [3.05, 3.63) is 59.8 Å². The molecule has 0 unspecified atom stereocenters. The largest absolute Gasteiger partial charge is 0.368 e. The summed E-state index contributed by atoms with van der Waals surface area (Å²) in [4.78, 5) is 21.7. The first-order valence-electron chi connectivity index (χ1n) is 8.06. The molecule has 1 heterocycles. The molecule has 0 radical (unpaired) electrons. The van der Waals surface area contributed by atoms with Gasteiger partial charge in [-0.05, 0) is 37.6 Å². The summed E-state index contributed by atoms with van der Waals surface area (Å²) in [7, 11) is 0. The standard InChI is InChI=1S/C19H20N4O/c1-3-12-20-18-17(22-15-6-4-5-7-16(15)23-18)19(24)21-14-10-8-13(2)9-11-14/h4-11H,3,12H2,1-2H3,(H,20,23)(H,21,24). The quantitative estimate of drug-likeness (QED) is 0.745. The number of fused-ring (bicyclic) bond motifs is 1. The van der Waals surface area contributed by atoms with Gasteiger partial charge in [-0.15, -0.1) is 0 Å². The number of rotatable bonds is 5. The van der Waals surface area contributed by atoms with Crippen molar-refractivity contribution < 1.29 is 4.79 Å². The van der Waals surface area contributed by atoms with Crippen LogP contribution < -0.4 is 10.6 Å². The van der Waals surface area contributed by atoms with E-state index in [1.165, 1.54) is 0 Å². The molecule has 0 saturated heterocycles. The SMILES string of the molecule is CCCNc1nc2ccccc2nc1C(=O)Nc1ccc(C)cc1. The molecule has 0 aliphatic rings. The third-order valence-corrected chi connectivity index (χ3v) is 3.64. The lowest BCUT2D eigenvalue weighted by Crippen LogP contribution is -2.18. The third kappa shape index (κ3) is 3.51. The van der Waals surface area contributed by atoms with Crippen molar-refractivity contribution >= 4 is 28.4 Å². The third-order valence-electron chi connectivity index (χ3n) is 3.64. The Balaban J connectivity index is 1.95. The van der Waals surface area contributed by atoms with Gasteiger partial charge in [0, 0.05) is 12.2 Å². The maximum atomic E-state index is 12.7. The molecular weight excluding hydrogens is 300 g/mol. The minimum atomic E-state index is -0.268. The van der Waals surface area contributed by atoms with Gasteiger partial charge in [-0.1, -0.05) is 36.8 Å². The van der Waals surface area contributed by atoms with Gasteiger partial charge in [-0.25, -0.2) is 9.97 Å². The number of amides is 1. The average molecular weight is 320 g/mol. The second kappa shape index (κ2) is 7.08. The number of nitrogens with zero attached hydrogens (tertiary/aromatic N) is 2. The number of para-hydroxylation sites is 2. The van der Waals surface area contributed by atoms with E-state index in [2.05, 4.69) is 27.5 Å². The summed E-state index contributed by atoms with van der Waals surface area (Å²) in [5, 5.41) is 6.08. The number of anilines is 2.